The fourth-order valence-corrected chi connectivity index (χ4v) is 3.19. The minimum absolute atomic E-state index is 0.0994. The summed E-state index contributed by atoms with van der Waals surface area (Å²) in [5.74, 6) is 2.06. The number of methoxy groups -OCH3 is 1. The summed E-state index contributed by atoms with van der Waals surface area (Å²) in [6, 6.07) is 7.44. The number of hydrogen-bond donors (Lipinski definition) is 0. The van der Waals surface area contributed by atoms with Crippen LogP contribution in [0.25, 0.3) is 11.4 Å². The summed E-state index contributed by atoms with van der Waals surface area (Å²) in [5.41, 5.74) is 0.871. The molecule has 25 heavy (non-hydrogen) atoms. The van der Waals surface area contributed by atoms with Gasteiger partial charge in [0, 0.05) is 18.5 Å². The molecule has 134 valence electrons. The molecule has 2 aromatic rings. The first kappa shape index (κ1) is 17.5. The van der Waals surface area contributed by atoms with Gasteiger partial charge in [0.2, 0.25) is 17.6 Å². The highest BCUT2D eigenvalue weighted by Crippen LogP contribution is 2.32. The number of carbonyl (C=O) groups is 1. The third kappa shape index (κ3) is 4.00. The van der Waals surface area contributed by atoms with Crippen molar-refractivity contribution in [1.29, 1.82) is 0 Å². The first-order valence-corrected chi connectivity index (χ1v) is 9.00. The molecule has 6 heteroatoms. The molecule has 0 saturated carbocycles. The number of aromatic nitrogens is 2. The molecule has 1 saturated heterocycles. The van der Waals surface area contributed by atoms with Gasteiger partial charge in [-0.15, -0.1) is 0 Å². The quantitative estimate of drug-likeness (QED) is 0.793. The second-order valence-electron chi connectivity index (χ2n) is 6.39. The van der Waals surface area contributed by atoms with E-state index < -0.39 is 0 Å². The van der Waals surface area contributed by atoms with Crippen molar-refractivity contribution in [3.8, 4) is 17.1 Å². The van der Waals surface area contributed by atoms with Crippen molar-refractivity contribution < 1.29 is 14.1 Å². The molecule has 3 rings (SSSR count). The molecule has 0 N–H and O–H groups in total. The molecule has 6 nitrogen and oxygen atoms in total. The van der Waals surface area contributed by atoms with E-state index >= 15 is 0 Å². The number of hydrogen-bond acceptors (Lipinski definition) is 5. The van der Waals surface area contributed by atoms with Crippen molar-refractivity contribution in [2.24, 2.45) is 0 Å². The third-order valence-corrected chi connectivity index (χ3v) is 4.64. The summed E-state index contributed by atoms with van der Waals surface area (Å²) >= 11 is 0. The highest BCUT2D eigenvalue weighted by Gasteiger charge is 2.31. The van der Waals surface area contributed by atoms with Gasteiger partial charge in [0.05, 0.1) is 7.11 Å². The van der Waals surface area contributed by atoms with Crippen molar-refractivity contribution in [3.63, 3.8) is 0 Å². The molecule has 1 aromatic carbocycles. The number of piperidine rings is 1. The van der Waals surface area contributed by atoms with Crippen molar-refractivity contribution in [2.75, 3.05) is 13.7 Å². The molecule has 0 bridgehead atoms. The predicted molar refractivity (Wildman–Crippen MR) is 94.1 cm³/mol. The highest BCUT2D eigenvalue weighted by molar-refractivity contribution is 5.76. The minimum atomic E-state index is -0.0994. The van der Waals surface area contributed by atoms with E-state index in [1.165, 1.54) is 0 Å². The molecule has 2 heterocycles. The Morgan fingerprint density at radius 2 is 2.12 bits per heavy atom. The predicted octanol–water partition coefficient (Wildman–Crippen LogP) is 3.99. The van der Waals surface area contributed by atoms with Crippen LogP contribution in [0, 0.1) is 0 Å². The van der Waals surface area contributed by atoms with E-state index in [2.05, 4.69) is 17.1 Å². The monoisotopic (exact) mass is 343 g/mol. The topological polar surface area (TPSA) is 68.5 Å². The van der Waals surface area contributed by atoms with E-state index in [1.54, 1.807) is 7.11 Å². The van der Waals surface area contributed by atoms with E-state index in [4.69, 9.17) is 9.26 Å². The van der Waals surface area contributed by atoms with Crippen LogP contribution >= 0.6 is 0 Å². The number of benzene rings is 1. The summed E-state index contributed by atoms with van der Waals surface area (Å²) in [4.78, 5) is 19.0. The summed E-state index contributed by atoms with van der Waals surface area (Å²) in [6.45, 7) is 2.87. The molecule has 1 fully saturated rings. The molecule has 1 aromatic heterocycles. The Bertz CT molecular complexity index is 696. The van der Waals surface area contributed by atoms with Crippen LogP contribution in [-0.4, -0.2) is 34.6 Å². The summed E-state index contributed by atoms with van der Waals surface area (Å²) in [6.07, 6.45) is 5.51. The molecule has 1 aliphatic heterocycles. The Hall–Kier alpha value is -2.37. The number of amides is 1. The van der Waals surface area contributed by atoms with Gasteiger partial charge in [0.1, 0.15) is 11.8 Å². The zero-order valence-corrected chi connectivity index (χ0v) is 14.9. The Morgan fingerprint density at radius 3 is 2.84 bits per heavy atom. The largest absolute Gasteiger partial charge is 0.497 e. The Balaban J connectivity index is 1.77. The van der Waals surface area contributed by atoms with Crippen LogP contribution < -0.4 is 4.74 Å². The van der Waals surface area contributed by atoms with Gasteiger partial charge in [0.25, 0.3) is 0 Å². The SMILES string of the molecule is CCCCC(=O)N1CCCCC1c1nc(-c2ccc(OC)cc2)no1. The van der Waals surface area contributed by atoms with Gasteiger partial charge >= 0.3 is 0 Å². The van der Waals surface area contributed by atoms with Crippen LogP contribution in [0.15, 0.2) is 28.8 Å². The number of nitrogens with zero attached hydrogens (tertiary/aromatic N) is 3. The number of rotatable bonds is 6. The smallest absolute Gasteiger partial charge is 0.249 e. The zero-order chi connectivity index (χ0) is 17.6. The van der Waals surface area contributed by atoms with Crippen LogP contribution in [0.3, 0.4) is 0 Å². The van der Waals surface area contributed by atoms with Crippen molar-refractivity contribution in [1.82, 2.24) is 15.0 Å². The van der Waals surface area contributed by atoms with E-state index in [-0.39, 0.29) is 11.9 Å². The first-order chi connectivity index (χ1) is 12.2. The van der Waals surface area contributed by atoms with Gasteiger partial charge in [-0.3, -0.25) is 4.79 Å². The molecule has 0 radical (unpaired) electrons. The highest BCUT2D eigenvalue weighted by atomic mass is 16.5. The van der Waals surface area contributed by atoms with Crippen LogP contribution in [0.2, 0.25) is 0 Å². The average Bonchev–Trinajstić information content (AvgIpc) is 3.16. The lowest BCUT2D eigenvalue weighted by Gasteiger charge is -2.33. The molecule has 0 aliphatic carbocycles. The van der Waals surface area contributed by atoms with E-state index in [0.29, 0.717) is 18.1 Å². The lowest BCUT2D eigenvalue weighted by atomic mass is 10.0. The number of ether oxygens (including phenoxy) is 1. The summed E-state index contributed by atoms with van der Waals surface area (Å²) in [5, 5.41) is 4.11. The average molecular weight is 343 g/mol. The van der Waals surface area contributed by atoms with E-state index in [0.717, 1.165) is 50.0 Å². The maximum atomic E-state index is 12.5. The van der Waals surface area contributed by atoms with Gasteiger partial charge in [-0.2, -0.15) is 4.98 Å². The van der Waals surface area contributed by atoms with E-state index in [1.807, 2.05) is 29.2 Å². The molecule has 1 atom stereocenters. The fourth-order valence-electron chi connectivity index (χ4n) is 3.19. The van der Waals surface area contributed by atoms with Crippen molar-refractivity contribution >= 4 is 5.91 Å². The number of carbonyl (C=O) groups excluding carboxylic acids is 1. The normalized spacial score (nSPS) is 17.5. The van der Waals surface area contributed by atoms with Gasteiger partial charge < -0.3 is 14.2 Å². The molecule has 1 amide bonds. The molecule has 0 spiro atoms. The molecular weight excluding hydrogens is 318 g/mol. The Kier molecular flexibility index (Phi) is 5.68. The van der Waals surface area contributed by atoms with Crippen LogP contribution in [-0.2, 0) is 4.79 Å². The van der Waals surface area contributed by atoms with Crippen molar-refractivity contribution in [3.05, 3.63) is 30.2 Å². The standard InChI is InChI=1S/C19H25N3O3/c1-3-4-8-17(23)22-13-6-5-7-16(22)19-20-18(21-25-19)14-9-11-15(24-2)12-10-14/h9-12,16H,3-8,13H2,1-2H3. The third-order valence-electron chi connectivity index (χ3n) is 4.64. The lowest BCUT2D eigenvalue weighted by Crippen LogP contribution is -2.38. The fraction of sp³-hybridized carbons (Fsp3) is 0.526. The molecular formula is C19H25N3O3. The minimum Gasteiger partial charge on any atom is -0.497 e. The van der Waals surface area contributed by atoms with Gasteiger partial charge in [-0.1, -0.05) is 18.5 Å². The lowest BCUT2D eigenvalue weighted by molar-refractivity contribution is -0.135. The van der Waals surface area contributed by atoms with Crippen molar-refractivity contribution in [2.45, 2.75) is 51.5 Å². The van der Waals surface area contributed by atoms with Crippen LogP contribution in [0.1, 0.15) is 57.4 Å². The van der Waals surface area contributed by atoms with Gasteiger partial charge in [-0.05, 0) is 49.9 Å². The second-order valence-corrected chi connectivity index (χ2v) is 6.39. The first-order valence-electron chi connectivity index (χ1n) is 9.00. The maximum absolute atomic E-state index is 12.5. The maximum Gasteiger partial charge on any atom is 0.249 e. The Morgan fingerprint density at radius 1 is 1.32 bits per heavy atom. The van der Waals surface area contributed by atoms with Gasteiger partial charge in [0.15, 0.2) is 0 Å². The molecule has 1 unspecified atom stereocenters. The summed E-state index contributed by atoms with van der Waals surface area (Å²) in [7, 11) is 1.63. The van der Waals surface area contributed by atoms with Gasteiger partial charge in [-0.25, -0.2) is 0 Å². The number of likely N-dealkylation sites (tertiary alicyclic amines) is 1. The van der Waals surface area contributed by atoms with E-state index in [9.17, 15) is 4.79 Å². The second kappa shape index (κ2) is 8.14. The van der Waals surface area contributed by atoms with Crippen LogP contribution in [0.4, 0.5) is 0 Å². The molecule has 1 aliphatic rings. The Labute approximate surface area is 148 Å². The van der Waals surface area contributed by atoms with Crippen LogP contribution in [0.5, 0.6) is 5.75 Å². The zero-order valence-electron chi connectivity index (χ0n) is 14.9. The number of unbranched alkanes of at least 4 members (excludes halogenated alkanes) is 1. The summed E-state index contributed by atoms with van der Waals surface area (Å²) < 4.78 is 10.7.